The van der Waals surface area contributed by atoms with Gasteiger partial charge >= 0.3 is 0 Å². The monoisotopic (exact) mass is 262 g/mol. The first-order chi connectivity index (χ1) is 9.19. The zero-order valence-electron chi connectivity index (χ0n) is 12.7. The van der Waals surface area contributed by atoms with Gasteiger partial charge in [0.1, 0.15) is 0 Å². The molecule has 19 heavy (non-hydrogen) atoms. The van der Waals surface area contributed by atoms with Gasteiger partial charge < -0.3 is 10.2 Å². The molecule has 0 fully saturated rings. The molecule has 0 radical (unpaired) electrons. The van der Waals surface area contributed by atoms with Crippen LogP contribution in [-0.2, 0) is 12.8 Å². The highest BCUT2D eigenvalue weighted by Gasteiger charge is 2.23. The van der Waals surface area contributed by atoms with Gasteiger partial charge in [-0.2, -0.15) is 0 Å². The van der Waals surface area contributed by atoms with Crippen LogP contribution >= 0.6 is 0 Å². The van der Waals surface area contributed by atoms with Crippen LogP contribution in [0.15, 0.2) is 0 Å². The van der Waals surface area contributed by atoms with E-state index >= 15 is 0 Å². The number of hydrogen-bond donors (Lipinski definition) is 1. The Kier molecular flexibility index (Phi) is 4.75. The molecule has 0 saturated carbocycles. The molecule has 0 bridgehead atoms. The van der Waals surface area contributed by atoms with Crippen LogP contribution in [0.5, 0.6) is 0 Å². The van der Waals surface area contributed by atoms with Crippen molar-refractivity contribution < 1.29 is 0 Å². The van der Waals surface area contributed by atoms with Crippen LogP contribution in [-0.4, -0.2) is 36.6 Å². The molecule has 4 heteroatoms. The minimum absolute atomic E-state index is 0.735. The summed E-state index contributed by atoms with van der Waals surface area (Å²) in [5, 5.41) is 3.29. The predicted molar refractivity (Wildman–Crippen MR) is 79.8 cm³/mol. The second kappa shape index (κ2) is 6.33. The van der Waals surface area contributed by atoms with Crippen molar-refractivity contribution in [3.63, 3.8) is 0 Å². The van der Waals surface area contributed by atoms with E-state index in [1.807, 2.05) is 7.05 Å². The van der Waals surface area contributed by atoms with Gasteiger partial charge in [-0.15, -0.1) is 0 Å². The molecule has 106 valence electrons. The van der Waals surface area contributed by atoms with Crippen molar-refractivity contribution in [3.8, 4) is 0 Å². The molecule has 1 aromatic rings. The smallest absolute Gasteiger partial charge is 0.225 e. The fraction of sp³-hybridized carbons (Fsp3) is 0.733. The third-order valence-corrected chi connectivity index (χ3v) is 4.11. The lowest BCUT2D eigenvalue weighted by Crippen LogP contribution is -2.29. The predicted octanol–water partition coefficient (Wildman–Crippen LogP) is 1.96. The quantitative estimate of drug-likeness (QED) is 0.880. The van der Waals surface area contributed by atoms with E-state index in [4.69, 9.17) is 9.97 Å². The number of nitrogens with zero attached hydrogens (tertiary/aromatic N) is 3. The Morgan fingerprint density at radius 3 is 2.63 bits per heavy atom. The Morgan fingerprint density at radius 1 is 1.26 bits per heavy atom. The fourth-order valence-corrected chi connectivity index (χ4v) is 2.95. The second-order valence-electron chi connectivity index (χ2n) is 5.37. The van der Waals surface area contributed by atoms with E-state index in [2.05, 4.69) is 31.0 Å². The Bertz CT molecular complexity index is 426. The summed E-state index contributed by atoms with van der Waals surface area (Å²) in [5.41, 5.74) is 3.84. The third-order valence-electron chi connectivity index (χ3n) is 4.11. The van der Waals surface area contributed by atoms with Gasteiger partial charge in [0.2, 0.25) is 5.95 Å². The maximum absolute atomic E-state index is 4.81. The van der Waals surface area contributed by atoms with E-state index in [-0.39, 0.29) is 0 Å². The van der Waals surface area contributed by atoms with Gasteiger partial charge in [0, 0.05) is 24.5 Å². The highest BCUT2D eigenvalue weighted by molar-refractivity contribution is 5.38. The summed E-state index contributed by atoms with van der Waals surface area (Å²) in [5.74, 6) is 1.65. The summed E-state index contributed by atoms with van der Waals surface area (Å²) in [7, 11) is 2.03. The molecular formula is C15H26N4. The summed E-state index contributed by atoms with van der Waals surface area (Å²) < 4.78 is 0. The highest BCUT2D eigenvalue weighted by Crippen LogP contribution is 2.27. The molecule has 1 atom stereocenters. The molecule has 1 aromatic heterocycles. The number of fused-ring (bicyclic) bond motifs is 1. The Morgan fingerprint density at radius 2 is 2.00 bits per heavy atom. The first kappa shape index (κ1) is 14.3. The minimum atomic E-state index is 0.735. The second-order valence-corrected chi connectivity index (χ2v) is 5.37. The first-order valence-corrected chi connectivity index (χ1v) is 7.45. The molecule has 0 amide bonds. The standard InChI is InChI=1S/C15H26N4/c1-5-19(6-2)15-17-11(3)13-9-12(10-16-4)7-8-14(13)18-15/h12,16H,5-10H2,1-4H3. The molecule has 0 saturated heterocycles. The van der Waals surface area contributed by atoms with E-state index < -0.39 is 0 Å². The molecule has 1 heterocycles. The van der Waals surface area contributed by atoms with Gasteiger partial charge in [-0.3, -0.25) is 0 Å². The number of aryl methyl sites for hydroxylation is 2. The average molecular weight is 262 g/mol. The third kappa shape index (κ3) is 3.06. The molecular weight excluding hydrogens is 236 g/mol. The van der Waals surface area contributed by atoms with Crippen LogP contribution in [0.1, 0.15) is 37.2 Å². The largest absolute Gasteiger partial charge is 0.341 e. The summed E-state index contributed by atoms with van der Waals surface area (Å²) in [6.45, 7) is 9.48. The molecule has 4 nitrogen and oxygen atoms in total. The number of aromatic nitrogens is 2. The van der Waals surface area contributed by atoms with Crippen molar-refractivity contribution in [2.24, 2.45) is 5.92 Å². The molecule has 0 spiro atoms. The summed E-state index contributed by atoms with van der Waals surface area (Å²) >= 11 is 0. The van der Waals surface area contributed by atoms with Crippen molar-refractivity contribution in [2.75, 3.05) is 31.6 Å². The minimum Gasteiger partial charge on any atom is -0.341 e. The average Bonchev–Trinajstić information content (AvgIpc) is 2.41. The lowest BCUT2D eigenvalue weighted by molar-refractivity contribution is 0.432. The summed E-state index contributed by atoms with van der Waals surface area (Å²) in [6.07, 6.45) is 3.46. The van der Waals surface area contributed by atoms with Crippen molar-refractivity contribution in [3.05, 3.63) is 17.0 Å². The van der Waals surface area contributed by atoms with Gasteiger partial charge in [0.15, 0.2) is 0 Å². The van der Waals surface area contributed by atoms with E-state index in [1.54, 1.807) is 0 Å². The van der Waals surface area contributed by atoms with Gasteiger partial charge in [0.05, 0.1) is 0 Å². The van der Waals surface area contributed by atoms with Crippen molar-refractivity contribution in [1.29, 1.82) is 0 Å². The Balaban J connectivity index is 2.26. The highest BCUT2D eigenvalue weighted by atomic mass is 15.2. The lowest BCUT2D eigenvalue weighted by atomic mass is 9.86. The Labute approximate surface area is 116 Å². The van der Waals surface area contributed by atoms with Crippen molar-refractivity contribution in [2.45, 2.75) is 40.0 Å². The number of anilines is 1. The van der Waals surface area contributed by atoms with Crippen LogP contribution in [0.2, 0.25) is 0 Å². The molecule has 0 aliphatic heterocycles. The maximum Gasteiger partial charge on any atom is 0.225 e. The lowest BCUT2D eigenvalue weighted by Gasteiger charge is -2.27. The molecule has 1 N–H and O–H groups in total. The van der Waals surface area contributed by atoms with E-state index in [1.165, 1.54) is 23.4 Å². The van der Waals surface area contributed by atoms with E-state index in [0.29, 0.717) is 0 Å². The van der Waals surface area contributed by atoms with Gasteiger partial charge in [-0.1, -0.05) is 0 Å². The number of hydrogen-bond acceptors (Lipinski definition) is 4. The Hall–Kier alpha value is -1.16. The van der Waals surface area contributed by atoms with Crippen LogP contribution in [0.4, 0.5) is 5.95 Å². The van der Waals surface area contributed by atoms with E-state index in [9.17, 15) is 0 Å². The molecule has 2 rings (SSSR count). The SMILES string of the molecule is CCN(CC)c1nc(C)c2c(n1)CCC(CNC)C2. The molecule has 1 unspecified atom stereocenters. The molecule has 1 aliphatic carbocycles. The normalized spacial score (nSPS) is 18.2. The topological polar surface area (TPSA) is 41.1 Å². The van der Waals surface area contributed by atoms with Crippen LogP contribution in [0.3, 0.4) is 0 Å². The van der Waals surface area contributed by atoms with Gasteiger partial charge in [0.25, 0.3) is 0 Å². The van der Waals surface area contributed by atoms with Crippen LogP contribution in [0, 0.1) is 12.8 Å². The molecule has 1 aliphatic rings. The summed E-state index contributed by atoms with van der Waals surface area (Å²) in [6, 6.07) is 0. The number of rotatable bonds is 5. The van der Waals surface area contributed by atoms with Crippen LogP contribution < -0.4 is 10.2 Å². The zero-order chi connectivity index (χ0) is 13.8. The van der Waals surface area contributed by atoms with Gasteiger partial charge in [-0.05, 0) is 65.1 Å². The van der Waals surface area contributed by atoms with Crippen molar-refractivity contribution >= 4 is 5.95 Å². The molecule has 0 aromatic carbocycles. The van der Waals surface area contributed by atoms with Gasteiger partial charge in [-0.25, -0.2) is 9.97 Å². The van der Waals surface area contributed by atoms with Crippen molar-refractivity contribution in [1.82, 2.24) is 15.3 Å². The fourth-order valence-electron chi connectivity index (χ4n) is 2.95. The zero-order valence-corrected chi connectivity index (χ0v) is 12.7. The van der Waals surface area contributed by atoms with Crippen LogP contribution in [0.25, 0.3) is 0 Å². The maximum atomic E-state index is 4.81. The number of nitrogens with one attached hydrogen (secondary N) is 1. The summed E-state index contributed by atoms with van der Waals surface area (Å²) in [4.78, 5) is 11.8. The van der Waals surface area contributed by atoms with E-state index in [0.717, 1.165) is 44.3 Å². The first-order valence-electron chi connectivity index (χ1n) is 7.45.